The molecule has 1 aromatic rings. The summed E-state index contributed by atoms with van der Waals surface area (Å²) in [4.78, 5) is 42.3. The average Bonchev–Trinajstić information content (AvgIpc) is 2.97. The Morgan fingerprint density at radius 1 is 1.13 bits per heavy atom. The summed E-state index contributed by atoms with van der Waals surface area (Å²) >= 11 is 0. The van der Waals surface area contributed by atoms with Crippen LogP contribution in [-0.4, -0.2) is 64.0 Å². The summed E-state index contributed by atoms with van der Waals surface area (Å²) in [6.45, 7) is 7.15. The number of aliphatic hydroxyl groups is 1. The highest BCUT2D eigenvalue weighted by Gasteiger charge is 2.62. The summed E-state index contributed by atoms with van der Waals surface area (Å²) < 4.78 is 5.26. The molecular formula is C24H34N2O5. The van der Waals surface area contributed by atoms with E-state index in [2.05, 4.69) is 0 Å². The molecule has 2 aliphatic rings. The lowest BCUT2D eigenvalue weighted by atomic mass is 9.75. The molecule has 0 unspecified atom stereocenters. The average molecular weight is 431 g/mol. The molecule has 7 nitrogen and oxygen atoms in total. The molecule has 2 saturated heterocycles. The van der Waals surface area contributed by atoms with Crippen molar-refractivity contribution in [1.82, 2.24) is 9.80 Å². The van der Waals surface area contributed by atoms with Crippen LogP contribution < -0.4 is 0 Å². The topological polar surface area (TPSA) is 87.2 Å². The number of amides is 2. The molecule has 1 aromatic carbocycles. The molecule has 0 radical (unpaired) electrons. The Kier molecular flexibility index (Phi) is 7.36. The van der Waals surface area contributed by atoms with Gasteiger partial charge in [-0.25, -0.2) is 0 Å². The maximum atomic E-state index is 13.1. The molecule has 1 spiro atoms. The normalized spacial score (nSPS) is 22.9. The molecule has 31 heavy (non-hydrogen) atoms. The van der Waals surface area contributed by atoms with E-state index in [4.69, 9.17) is 4.74 Å². The van der Waals surface area contributed by atoms with E-state index in [1.807, 2.05) is 49.1 Å². The monoisotopic (exact) mass is 430 g/mol. The van der Waals surface area contributed by atoms with E-state index in [9.17, 15) is 19.5 Å². The number of hydrogen-bond donors (Lipinski definition) is 1. The first-order valence-electron chi connectivity index (χ1n) is 11.4. The van der Waals surface area contributed by atoms with Gasteiger partial charge in [0, 0.05) is 25.6 Å². The Bertz CT molecular complexity index is 784. The largest absolute Gasteiger partial charge is 0.466 e. The van der Waals surface area contributed by atoms with Crippen LogP contribution in [-0.2, 0) is 25.7 Å². The van der Waals surface area contributed by atoms with E-state index in [0.717, 1.165) is 18.4 Å². The third kappa shape index (κ3) is 4.33. The zero-order valence-electron chi connectivity index (χ0n) is 18.8. The number of esters is 1. The molecule has 1 N–H and O–H groups in total. The minimum absolute atomic E-state index is 0.00822. The predicted molar refractivity (Wildman–Crippen MR) is 116 cm³/mol. The van der Waals surface area contributed by atoms with E-state index >= 15 is 0 Å². The van der Waals surface area contributed by atoms with Crippen LogP contribution in [0.5, 0.6) is 0 Å². The number of carbonyl (C=O) groups is 3. The number of benzene rings is 1. The lowest BCUT2D eigenvalue weighted by Crippen LogP contribution is -2.58. The van der Waals surface area contributed by atoms with E-state index in [-0.39, 0.29) is 18.4 Å². The van der Waals surface area contributed by atoms with Gasteiger partial charge in [0.25, 0.3) is 5.91 Å². The molecular weight excluding hydrogens is 396 g/mol. The Morgan fingerprint density at radius 2 is 1.74 bits per heavy atom. The van der Waals surface area contributed by atoms with Gasteiger partial charge in [-0.3, -0.25) is 14.4 Å². The highest BCUT2D eigenvalue weighted by atomic mass is 16.5. The predicted octanol–water partition coefficient (Wildman–Crippen LogP) is 2.37. The van der Waals surface area contributed by atoms with Gasteiger partial charge in [0.1, 0.15) is 12.0 Å². The standard InChI is InChI=1S/C24H34N2O5/c1-4-18(5-2)21(28)25-14-12-24(13-15-25)19(23(30)31-6-3)20(27)22(29)26(24)16-17-10-8-7-9-11-17/h7-11,18-20,27H,4-6,12-16H2,1-3H3/t19-,20+/m0/s1. The third-order valence-electron chi connectivity index (χ3n) is 6.95. The minimum atomic E-state index is -1.43. The first kappa shape index (κ1) is 23.3. The number of likely N-dealkylation sites (tertiary alicyclic amines) is 2. The van der Waals surface area contributed by atoms with Crippen molar-refractivity contribution < 1.29 is 24.2 Å². The van der Waals surface area contributed by atoms with Crippen molar-refractivity contribution in [1.29, 1.82) is 0 Å². The Morgan fingerprint density at radius 3 is 2.29 bits per heavy atom. The van der Waals surface area contributed by atoms with Gasteiger partial charge in [-0.15, -0.1) is 0 Å². The molecule has 7 heteroatoms. The second-order valence-corrected chi connectivity index (χ2v) is 8.53. The van der Waals surface area contributed by atoms with E-state index in [0.29, 0.717) is 32.5 Å². The molecule has 2 aliphatic heterocycles. The molecule has 0 aliphatic carbocycles. The van der Waals surface area contributed by atoms with Gasteiger partial charge in [-0.2, -0.15) is 0 Å². The summed E-state index contributed by atoms with van der Waals surface area (Å²) in [5.74, 6) is -1.81. The maximum absolute atomic E-state index is 13.1. The third-order valence-corrected chi connectivity index (χ3v) is 6.95. The molecule has 2 atom stereocenters. The van der Waals surface area contributed by atoms with Crippen molar-refractivity contribution >= 4 is 17.8 Å². The Hall–Kier alpha value is -2.41. The number of carbonyl (C=O) groups excluding carboxylic acids is 3. The fraction of sp³-hybridized carbons (Fsp3) is 0.625. The van der Waals surface area contributed by atoms with Crippen molar-refractivity contribution in [2.45, 2.75) is 64.6 Å². The molecule has 0 saturated carbocycles. The van der Waals surface area contributed by atoms with Crippen molar-refractivity contribution in [3.05, 3.63) is 35.9 Å². The Balaban J connectivity index is 1.90. The van der Waals surface area contributed by atoms with Crippen LogP contribution in [0.1, 0.15) is 52.0 Å². The van der Waals surface area contributed by atoms with Gasteiger partial charge < -0.3 is 19.6 Å². The van der Waals surface area contributed by atoms with Crippen molar-refractivity contribution in [2.75, 3.05) is 19.7 Å². The molecule has 170 valence electrons. The zero-order chi connectivity index (χ0) is 22.6. The van der Waals surface area contributed by atoms with Crippen LogP contribution in [0.4, 0.5) is 0 Å². The number of piperidine rings is 1. The second kappa shape index (κ2) is 9.81. The van der Waals surface area contributed by atoms with Crippen LogP contribution in [0.3, 0.4) is 0 Å². The van der Waals surface area contributed by atoms with Gasteiger partial charge in [-0.1, -0.05) is 44.2 Å². The van der Waals surface area contributed by atoms with Crippen LogP contribution in [0.2, 0.25) is 0 Å². The molecule has 0 bridgehead atoms. The van der Waals surface area contributed by atoms with Crippen LogP contribution in [0.15, 0.2) is 30.3 Å². The van der Waals surface area contributed by atoms with E-state index < -0.39 is 29.4 Å². The number of ether oxygens (including phenoxy) is 1. The quantitative estimate of drug-likeness (QED) is 0.671. The fourth-order valence-electron chi connectivity index (χ4n) is 5.16. The van der Waals surface area contributed by atoms with Crippen molar-refractivity contribution in [2.24, 2.45) is 11.8 Å². The summed E-state index contributed by atoms with van der Waals surface area (Å²) in [6, 6.07) is 9.56. The molecule has 2 fully saturated rings. The number of aliphatic hydroxyl groups excluding tert-OH is 1. The number of rotatable bonds is 7. The van der Waals surface area contributed by atoms with Crippen molar-refractivity contribution in [3.8, 4) is 0 Å². The minimum Gasteiger partial charge on any atom is -0.466 e. The smallest absolute Gasteiger partial charge is 0.314 e. The maximum Gasteiger partial charge on any atom is 0.314 e. The van der Waals surface area contributed by atoms with Gasteiger partial charge >= 0.3 is 5.97 Å². The first-order chi connectivity index (χ1) is 14.9. The van der Waals surface area contributed by atoms with Gasteiger partial charge in [0.2, 0.25) is 5.91 Å². The summed E-state index contributed by atoms with van der Waals surface area (Å²) in [5.41, 5.74) is 0.0750. The molecule has 0 aromatic heterocycles. The molecule has 3 rings (SSSR count). The summed E-state index contributed by atoms with van der Waals surface area (Å²) in [5, 5.41) is 10.8. The molecule has 2 amide bonds. The first-order valence-corrected chi connectivity index (χ1v) is 11.4. The second-order valence-electron chi connectivity index (χ2n) is 8.53. The Labute approximate surface area is 184 Å². The zero-order valence-corrected chi connectivity index (χ0v) is 18.8. The van der Waals surface area contributed by atoms with Gasteiger partial charge in [0.15, 0.2) is 0 Å². The lowest BCUT2D eigenvalue weighted by Gasteiger charge is -2.47. The van der Waals surface area contributed by atoms with Gasteiger partial charge in [-0.05, 0) is 38.2 Å². The van der Waals surface area contributed by atoms with E-state index in [1.165, 1.54) is 0 Å². The SMILES string of the molecule is CCOC(=O)[C@@H]1[C@@H](O)C(=O)N(Cc2ccccc2)C12CCN(C(=O)C(CC)CC)CC2. The number of nitrogens with zero attached hydrogens (tertiary/aromatic N) is 2. The fourth-order valence-corrected chi connectivity index (χ4v) is 5.16. The van der Waals surface area contributed by atoms with Crippen LogP contribution in [0, 0.1) is 11.8 Å². The highest BCUT2D eigenvalue weighted by molar-refractivity contribution is 5.93. The highest BCUT2D eigenvalue weighted by Crippen LogP contribution is 2.45. The lowest BCUT2D eigenvalue weighted by molar-refractivity contribution is -0.156. The van der Waals surface area contributed by atoms with E-state index in [1.54, 1.807) is 11.8 Å². The van der Waals surface area contributed by atoms with Gasteiger partial charge in [0.05, 0.1) is 12.1 Å². The van der Waals surface area contributed by atoms with Crippen LogP contribution >= 0.6 is 0 Å². The van der Waals surface area contributed by atoms with Crippen LogP contribution in [0.25, 0.3) is 0 Å². The number of hydrogen-bond acceptors (Lipinski definition) is 5. The molecule has 2 heterocycles. The summed E-state index contributed by atoms with van der Waals surface area (Å²) in [7, 11) is 0. The summed E-state index contributed by atoms with van der Waals surface area (Å²) in [6.07, 6.45) is 1.04. The van der Waals surface area contributed by atoms with Crippen molar-refractivity contribution in [3.63, 3.8) is 0 Å².